The Morgan fingerprint density at radius 3 is 2.78 bits per heavy atom. The number of hydrogen-bond donors (Lipinski definition) is 1. The zero-order chi connectivity index (χ0) is 6.85. The van der Waals surface area contributed by atoms with Gasteiger partial charge in [-0.15, -0.1) is 0 Å². The first-order chi connectivity index (χ1) is 4.22. The molecule has 0 saturated heterocycles. The van der Waals surface area contributed by atoms with E-state index < -0.39 is 5.24 Å². The molecule has 9 heavy (non-hydrogen) atoms. The molecule has 0 unspecified atom stereocenters. The third-order valence-electron chi connectivity index (χ3n) is 1.03. The van der Waals surface area contributed by atoms with Crippen LogP contribution in [0.3, 0.4) is 0 Å². The Morgan fingerprint density at radius 2 is 2.56 bits per heavy atom. The molecule has 1 rings (SSSR count). The molecule has 0 aliphatic rings. The summed E-state index contributed by atoms with van der Waals surface area (Å²) in [6.45, 7) is 1.71. The van der Waals surface area contributed by atoms with E-state index in [0.29, 0.717) is 11.4 Å². The third-order valence-corrected chi connectivity index (χ3v) is 1.21. The van der Waals surface area contributed by atoms with Gasteiger partial charge in [0, 0.05) is 0 Å². The Bertz CT molecular complexity index is 231. The average molecular weight is 145 g/mol. The Balaban J connectivity index is 3.08. The Morgan fingerprint density at radius 1 is 1.89 bits per heavy atom. The van der Waals surface area contributed by atoms with Gasteiger partial charge in [-0.05, 0) is 18.5 Å². The number of rotatable bonds is 1. The normalized spacial score (nSPS) is 9.56. The molecule has 1 N–H and O–H groups in total. The number of carbonyl (C=O) groups excluding carboxylic acids is 1. The van der Waals surface area contributed by atoms with Crippen LogP contribution in [0.15, 0.2) is 6.33 Å². The standard InChI is InChI=1S/C5H5ClN2O/c1-3-4(5(6)9)8-2-7-3/h2H,1H3,(H,7,8). The smallest absolute Gasteiger partial charge is 0.270 e. The SMILES string of the molecule is Cc1nc[nH]c1C(=O)Cl. The van der Waals surface area contributed by atoms with Crippen molar-refractivity contribution in [1.29, 1.82) is 0 Å². The number of halogens is 1. The molecule has 0 radical (unpaired) electrons. The highest BCUT2D eigenvalue weighted by atomic mass is 35.5. The summed E-state index contributed by atoms with van der Waals surface area (Å²) >= 11 is 5.14. The number of imidazole rings is 1. The molecule has 0 aliphatic heterocycles. The van der Waals surface area contributed by atoms with E-state index in [2.05, 4.69) is 9.97 Å². The van der Waals surface area contributed by atoms with Crippen LogP contribution in [0.1, 0.15) is 16.2 Å². The van der Waals surface area contributed by atoms with Crippen LogP contribution in [0, 0.1) is 6.92 Å². The molecule has 4 heteroatoms. The first-order valence-corrected chi connectivity index (χ1v) is 2.79. The first-order valence-electron chi connectivity index (χ1n) is 2.41. The fourth-order valence-corrected chi connectivity index (χ4v) is 0.753. The van der Waals surface area contributed by atoms with Gasteiger partial charge in [-0.2, -0.15) is 0 Å². The maximum atomic E-state index is 10.4. The number of H-pyrrole nitrogens is 1. The number of hydrogen-bond acceptors (Lipinski definition) is 2. The Labute approximate surface area is 57.1 Å². The van der Waals surface area contributed by atoms with Crippen LogP contribution in [-0.2, 0) is 0 Å². The van der Waals surface area contributed by atoms with Crippen LogP contribution in [0.2, 0.25) is 0 Å². The number of aryl methyl sites for hydroxylation is 1. The van der Waals surface area contributed by atoms with E-state index in [-0.39, 0.29) is 0 Å². The summed E-state index contributed by atoms with van der Waals surface area (Å²) in [5, 5.41) is -0.495. The lowest BCUT2D eigenvalue weighted by Gasteiger charge is -1.84. The summed E-state index contributed by atoms with van der Waals surface area (Å²) in [5.41, 5.74) is 1.01. The molecular formula is C5H5ClN2O. The van der Waals surface area contributed by atoms with E-state index in [4.69, 9.17) is 11.6 Å². The molecule has 1 aromatic heterocycles. The zero-order valence-electron chi connectivity index (χ0n) is 4.81. The van der Waals surface area contributed by atoms with Crippen molar-refractivity contribution in [2.24, 2.45) is 0 Å². The summed E-state index contributed by atoms with van der Waals surface area (Å²) in [5.74, 6) is 0. The van der Waals surface area contributed by atoms with E-state index in [0.717, 1.165) is 0 Å². The zero-order valence-corrected chi connectivity index (χ0v) is 5.57. The van der Waals surface area contributed by atoms with Crippen LogP contribution in [0.25, 0.3) is 0 Å². The van der Waals surface area contributed by atoms with Crippen molar-refractivity contribution in [3.8, 4) is 0 Å². The molecule has 0 spiro atoms. The van der Waals surface area contributed by atoms with E-state index in [1.165, 1.54) is 6.33 Å². The highest BCUT2D eigenvalue weighted by molar-refractivity contribution is 6.67. The van der Waals surface area contributed by atoms with E-state index in [1.54, 1.807) is 6.92 Å². The quantitative estimate of drug-likeness (QED) is 0.600. The number of nitrogens with one attached hydrogen (secondary N) is 1. The first kappa shape index (κ1) is 6.29. The second-order valence-corrected chi connectivity index (χ2v) is 1.98. The molecular weight excluding hydrogens is 140 g/mol. The minimum absolute atomic E-state index is 0.372. The van der Waals surface area contributed by atoms with Gasteiger partial charge in [0.1, 0.15) is 5.69 Å². The molecule has 0 aliphatic carbocycles. The van der Waals surface area contributed by atoms with Crippen LogP contribution in [-0.4, -0.2) is 15.2 Å². The number of aromatic amines is 1. The monoisotopic (exact) mass is 144 g/mol. The lowest BCUT2D eigenvalue weighted by atomic mass is 10.4. The second kappa shape index (κ2) is 2.19. The van der Waals surface area contributed by atoms with Crippen molar-refractivity contribution >= 4 is 16.8 Å². The lowest BCUT2D eigenvalue weighted by Crippen LogP contribution is -1.90. The molecule has 48 valence electrons. The predicted molar refractivity (Wildman–Crippen MR) is 33.5 cm³/mol. The molecule has 0 saturated carbocycles. The van der Waals surface area contributed by atoms with Crippen molar-refractivity contribution in [1.82, 2.24) is 9.97 Å². The number of carbonyl (C=O) groups is 1. The molecule has 0 bridgehead atoms. The molecule has 1 heterocycles. The number of nitrogens with zero attached hydrogens (tertiary/aromatic N) is 1. The Hall–Kier alpha value is -0.830. The molecule has 0 amide bonds. The van der Waals surface area contributed by atoms with Crippen molar-refractivity contribution in [3.05, 3.63) is 17.7 Å². The molecule has 0 fully saturated rings. The third kappa shape index (κ3) is 1.10. The molecule has 1 aromatic rings. The van der Waals surface area contributed by atoms with E-state index in [9.17, 15) is 4.79 Å². The van der Waals surface area contributed by atoms with Gasteiger partial charge in [0.2, 0.25) is 0 Å². The van der Waals surface area contributed by atoms with Crippen LogP contribution in [0.5, 0.6) is 0 Å². The number of aromatic nitrogens is 2. The summed E-state index contributed by atoms with van der Waals surface area (Å²) in [7, 11) is 0. The second-order valence-electron chi connectivity index (χ2n) is 1.64. The van der Waals surface area contributed by atoms with Gasteiger partial charge in [0.05, 0.1) is 12.0 Å². The Kier molecular flexibility index (Phi) is 1.53. The van der Waals surface area contributed by atoms with Gasteiger partial charge in [-0.1, -0.05) is 0 Å². The average Bonchev–Trinajstić information content (AvgIpc) is 2.13. The van der Waals surface area contributed by atoms with Crippen molar-refractivity contribution in [3.63, 3.8) is 0 Å². The highest BCUT2D eigenvalue weighted by Gasteiger charge is 2.05. The fourth-order valence-electron chi connectivity index (χ4n) is 0.562. The summed E-state index contributed by atoms with van der Waals surface area (Å²) in [6, 6.07) is 0. The highest BCUT2D eigenvalue weighted by Crippen LogP contribution is 2.02. The van der Waals surface area contributed by atoms with Crippen molar-refractivity contribution in [2.45, 2.75) is 6.92 Å². The maximum Gasteiger partial charge on any atom is 0.270 e. The van der Waals surface area contributed by atoms with Crippen LogP contribution < -0.4 is 0 Å². The maximum absolute atomic E-state index is 10.4. The minimum atomic E-state index is -0.495. The summed E-state index contributed by atoms with van der Waals surface area (Å²) in [4.78, 5) is 16.8. The van der Waals surface area contributed by atoms with Gasteiger partial charge in [0.25, 0.3) is 5.24 Å². The van der Waals surface area contributed by atoms with E-state index >= 15 is 0 Å². The summed E-state index contributed by atoms with van der Waals surface area (Å²) < 4.78 is 0. The van der Waals surface area contributed by atoms with Gasteiger partial charge >= 0.3 is 0 Å². The lowest BCUT2D eigenvalue weighted by molar-refractivity contribution is 0.107. The van der Waals surface area contributed by atoms with Crippen LogP contribution in [0.4, 0.5) is 0 Å². The largest absolute Gasteiger partial charge is 0.341 e. The fraction of sp³-hybridized carbons (Fsp3) is 0.200. The predicted octanol–water partition coefficient (Wildman–Crippen LogP) is 1.10. The van der Waals surface area contributed by atoms with E-state index in [1.807, 2.05) is 0 Å². The molecule has 3 nitrogen and oxygen atoms in total. The minimum Gasteiger partial charge on any atom is -0.341 e. The van der Waals surface area contributed by atoms with Gasteiger partial charge < -0.3 is 4.98 Å². The van der Waals surface area contributed by atoms with Crippen molar-refractivity contribution in [2.75, 3.05) is 0 Å². The molecule has 0 atom stereocenters. The topological polar surface area (TPSA) is 45.8 Å². The molecule has 0 aromatic carbocycles. The van der Waals surface area contributed by atoms with Gasteiger partial charge in [0.15, 0.2) is 0 Å². The van der Waals surface area contributed by atoms with Crippen LogP contribution >= 0.6 is 11.6 Å². The van der Waals surface area contributed by atoms with Gasteiger partial charge in [-0.25, -0.2) is 4.98 Å². The summed E-state index contributed by atoms with van der Waals surface area (Å²) in [6.07, 6.45) is 1.44. The van der Waals surface area contributed by atoms with Gasteiger partial charge in [-0.3, -0.25) is 4.79 Å². The van der Waals surface area contributed by atoms with Crippen molar-refractivity contribution < 1.29 is 4.79 Å².